The van der Waals surface area contributed by atoms with E-state index in [1.54, 1.807) is 18.1 Å². The van der Waals surface area contributed by atoms with Crippen molar-refractivity contribution in [3.05, 3.63) is 29.6 Å². The van der Waals surface area contributed by atoms with Crippen LogP contribution in [0.4, 0.5) is 4.39 Å². The highest BCUT2D eigenvalue weighted by Crippen LogP contribution is 2.33. The van der Waals surface area contributed by atoms with Crippen molar-refractivity contribution in [2.75, 3.05) is 40.4 Å². The first-order valence-electron chi connectivity index (χ1n) is 8.44. The number of hydrogen-bond acceptors (Lipinski definition) is 4. The number of carbonyl (C=O) groups is 1. The summed E-state index contributed by atoms with van der Waals surface area (Å²) in [6, 6.07) is 4.66. The molecule has 2 fully saturated rings. The van der Waals surface area contributed by atoms with Crippen LogP contribution in [0.25, 0.3) is 0 Å². The fourth-order valence-electron chi connectivity index (χ4n) is 3.52. The molecule has 3 rings (SSSR count). The number of hydrogen-bond donors (Lipinski definition) is 0. The van der Waals surface area contributed by atoms with Gasteiger partial charge in [0.1, 0.15) is 11.6 Å². The zero-order valence-corrected chi connectivity index (χ0v) is 14.4. The summed E-state index contributed by atoms with van der Waals surface area (Å²) in [6.45, 7) is 3.70. The Bertz CT molecular complexity index is 600. The van der Waals surface area contributed by atoms with Crippen molar-refractivity contribution < 1.29 is 18.7 Å². The summed E-state index contributed by atoms with van der Waals surface area (Å²) in [4.78, 5) is 16.2. The largest absolute Gasteiger partial charge is 0.496 e. The Morgan fingerprint density at radius 3 is 2.75 bits per heavy atom. The Morgan fingerprint density at radius 2 is 2.04 bits per heavy atom. The van der Waals surface area contributed by atoms with E-state index in [0.29, 0.717) is 31.9 Å². The van der Waals surface area contributed by atoms with Gasteiger partial charge in [0.15, 0.2) is 0 Å². The summed E-state index contributed by atoms with van der Waals surface area (Å²) in [5, 5.41) is 0. The molecule has 1 aromatic rings. The molecule has 1 aromatic carbocycles. The van der Waals surface area contributed by atoms with Gasteiger partial charge in [0.25, 0.3) is 0 Å². The molecule has 0 unspecified atom stereocenters. The molecule has 0 saturated carbocycles. The molecule has 0 N–H and O–H groups in total. The lowest BCUT2D eigenvalue weighted by atomic mass is 9.87. The number of rotatable bonds is 3. The number of nitrogens with zero attached hydrogens (tertiary/aromatic N) is 2. The van der Waals surface area contributed by atoms with Gasteiger partial charge in [-0.3, -0.25) is 9.69 Å². The van der Waals surface area contributed by atoms with Crippen LogP contribution in [0.1, 0.15) is 24.8 Å². The standard InChI is InChI=1S/C18H25FN2O3/c1-20-9-10-24-18(12-17(20)22)5-7-21(8-6-18)13-14-3-4-15(19)11-16(14)23-2/h3-4,11H,5-10,12-13H2,1-2H3. The Kier molecular flexibility index (Phi) is 5.06. The van der Waals surface area contributed by atoms with Gasteiger partial charge in [0.05, 0.1) is 25.7 Å². The van der Waals surface area contributed by atoms with Gasteiger partial charge in [0.2, 0.25) is 5.91 Å². The van der Waals surface area contributed by atoms with E-state index in [4.69, 9.17) is 9.47 Å². The van der Waals surface area contributed by atoms with Crippen LogP contribution in [0, 0.1) is 5.82 Å². The molecule has 0 aliphatic carbocycles. The summed E-state index contributed by atoms with van der Waals surface area (Å²) < 4.78 is 24.7. The second kappa shape index (κ2) is 7.07. The Hall–Kier alpha value is -1.66. The maximum atomic E-state index is 13.3. The second-order valence-electron chi connectivity index (χ2n) is 6.76. The maximum Gasteiger partial charge on any atom is 0.225 e. The monoisotopic (exact) mass is 336 g/mol. The van der Waals surface area contributed by atoms with Crippen LogP contribution >= 0.6 is 0 Å². The van der Waals surface area contributed by atoms with E-state index in [9.17, 15) is 9.18 Å². The van der Waals surface area contributed by atoms with Gasteiger partial charge in [-0.25, -0.2) is 4.39 Å². The number of halogens is 1. The van der Waals surface area contributed by atoms with Crippen LogP contribution in [0.5, 0.6) is 5.75 Å². The Balaban J connectivity index is 1.62. The number of likely N-dealkylation sites (tertiary alicyclic amines) is 1. The van der Waals surface area contributed by atoms with Gasteiger partial charge in [-0.1, -0.05) is 6.07 Å². The normalized spacial score (nSPS) is 21.8. The minimum Gasteiger partial charge on any atom is -0.496 e. The Morgan fingerprint density at radius 1 is 1.29 bits per heavy atom. The molecule has 0 atom stereocenters. The van der Waals surface area contributed by atoms with E-state index in [2.05, 4.69) is 4.90 Å². The van der Waals surface area contributed by atoms with Crippen LogP contribution < -0.4 is 4.74 Å². The third-order valence-electron chi connectivity index (χ3n) is 5.14. The predicted octanol–water partition coefficient (Wildman–Crippen LogP) is 2.05. The number of methoxy groups -OCH3 is 1. The van der Waals surface area contributed by atoms with Crippen molar-refractivity contribution in [1.29, 1.82) is 0 Å². The van der Waals surface area contributed by atoms with Gasteiger partial charge in [-0.05, 0) is 18.9 Å². The molecule has 2 aliphatic heterocycles. The molecule has 132 valence electrons. The third kappa shape index (κ3) is 3.70. The summed E-state index contributed by atoms with van der Waals surface area (Å²) >= 11 is 0. The van der Waals surface area contributed by atoms with Crippen molar-refractivity contribution >= 4 is 5.91 Å². The molecule has 24 heavy (non-hydrogen) atoms. The zero-order chi connectivity index (χ0) is 17.2. The van der Waals surface area contributed by atoms with Crippen LogP contribution in [0.15, 0.2) is 18.2 Å². The van der Waals surface area contributed by atoms with Gasteiger partial charge in [-0.2, -0.15) is 0 Å². The molecule has 2 saturated heterocycles. The first kappa shape index (κ1) is 17.2. The predicted molar refractivity (Wildman–Crippen MR) is 88.4 cm³/mol. The van der Waals surface area contributed by atoms with E-state index in [0.717, 1.165) is 31.5 Å². The smallest absolute Gasteiger partial charge is 0.225 e. The minimum atomic E-state index is -0.314. The lowest BCUT2D eigenvalue weighted by molar-refractivity contribution is -0.134. The van der Waals surface area contributed by atoms with E-state index in [1.165, 1.54) is 12.1 Å². The molecule has 0 aromatic heterocycles. The maximum absolute atomic E-state index is 13.3. The summed E-state index contributed by atoms with van der Waals surface area (Å²) in [6.07, 6.45) is 2.16. The molecule has 5 nitrogen and oxygen atoms in total. The van der Waals surface area contributed by atoms with Crippen LogP contribution in [0.3, 0.4) is 0 Å². The molecule has 2 heterocycles. The fourth-order valence-corrected chi connectivity index (χ4v) is 3.52. The van der Waals surface area contributed by atoms with Crippen molar-refractivity contribution in [2.45, 2.75) is 31.4 Å². The second-order valence-corrected chi connectivity index (χ2v) is 6.76. The zero-order valence-electron chi connectivity index (χ0n) is 14.4. The van der Waals surface area contributed by atoms with Crippen molar-refractivity contribution in [3.8, 4) is 5.75 Å². The highest BCUT2D eigenvalue weighted by molar-refractivity contribution is 5.77. The van der Waals surface area contributed by atoms with Gasteiger partial charge < -0.3 is 14.4 Å². The summed E-state index contributed by atoms with van der Waals surface area (Å²) in [5.74, 6) is 0.460. The lowest BCUT2D eigenvalue weighted by Gasteiger charge is -2.40. The Labute approximate surface area is 142 Å². The highest BCUT2D eigenvalue weighted by Gasteiger charge is 2.40. The molecule has 0 radical (unpaired) electrons. The molecular formula is C18H25FN2O3. The van der Waals surface area contributed by atoms with E-state index in [-0.39, 0.29) is 17.3 Å². The third-order valence-corrected chi connectivity index (χ3v) is 5.14. The minimum absolute atomic E-state index is 0.168. The van der Waals surface area contributed by atoms with Gasteiger partial charge in [-0.15, -0.1) is 0 Å². The summed E-state index contributed by atoms with van der Waals surface area (Å²) in [5.41, 5.74) is 0.665. The van der Waals surface area contributed by atoms with Crippen molar-refractivity contribution in [3.63, 3.8) is 0 Å². The molecular weight excluding hydrogens is 311 g/mol. The van der Waals surface area contributed by atoms with Crippen molar-refractivity contribution in [2.24, 2.45) is 0 Å². The van der Waals surface area contributed by atoms with E-state index in [1.807, 2.05) is 7.05 Å². The molecule has 2 aliphatic rings. The first-order chi connectivity index (χ1) is 11.5. The lowest BCUT2D eigenvalue weighted by Crippen LogP contribution is -2.46. The molecule has 6 heteroatoms. The number of likely N-dealkylation sites (N-methyl/N-ethyl adjacent to an activating group) is 1. The first-order valence-corrected chi connectivity index (χ1v) is 8.44. The summed E-state index contributed by atoms with van der Waals surface area (Å²) in [7, 11) is 3.39. The number of ether oxygens (including phenoxy) is 2. The molecule has 1 spiro atoms. The topological polar surface area (TPSA) is 42.0 Å². The average molecular weight is 336 g/mol. The van der Waals surface area contributed by atoms with Crippen LogP contribution in [0.2, 0.25) is 0 Å². The van der Waals surface area contributed by atoms with E-state index >= 15 is 0 Å². The number of carbonyl (C=O) groups excluding carboxylic acids is 1. The van der Waals surface area contributed by atoms with E-state index < -0.39 is 0 Å². The number of piperidine rings is 1. The van der Waals surface area contributed by atoms with Crippen molar-refractivity contribution in [1.82, 2.24) is 9.80 Å². The quantitative estimate of drug-likeness (QED) is 0.847. The molecule has 0 bridgehead atoms. The van der Waals surface area contributed by atoms with Gasteiger partial charge >= 0.3 is 0 Å². The highest BCUT2D eigenvalue weighted by atomic mass is 19.1. The van der Waals surface area contributed by atoms with Crippen LogP contribution in [-0.4, -0.2) is 61.7 Å². The number of amides is 1. The number of benzene rings is 1. The SMILES string of the molecule is COc1cc(F)ccc1CN1CCC2(CC1)CC(=O)N(C)CCO2. The van der Waals surface area contributed by atoms with Gasteiger partial charge in [0, 0.05) is 44.9 Å². The van der Waals surface area contributed by atoms with Crippen LogP contribution in [-0.2, 0) is 16.1 Å². The molecule has 1 amide bonds. The average Bonchev–Trinajstić information content (AvgIpc) is 2.71. The fraction of sp³-hybridized carbons (Fsp3) is 0.611.